The highest BCUT2D eigenvalue weighted by Crippen LogP contribution is 2.35. The quantitative estimate of drug-likeness (QED) is 0.857. The third-order valence-corrected chi connectivity index (χ3v) is 3.03. The molecule has 0 bridgehead atoms. The number of aromatic nitrogens is 3. The predicted molar refractivity (Wildman–Crippen MR) is 71.8 cm³/mol. The number of nitrogen functional groups attached to an aromatic ring is 1. The number of nitrogens with one attached hydrogen (secondary N) is 1. The highest BCUT2D eigenvalue weighted by molar-refractivity contribution is 7.11. The summed E-state index contributed by atoms with van der Waals surface area (Å²) in [5.41, 5.74) is 6.64. The summed E-state index contributed by atoms with van der Waals surface area (Å²) in [5.74, 6) is 1.79. The van der Waals surface area contributed by atoms with Crippen LogP contribution in [0.25, 0.3) is 0 Å². The topological polar surface area (TPSA) is 86.0 Å². The van der Waals surface area contributed by atoms with Gasteiger partial charge in [-0.25, -0.2) is 9.97 Å². The maximum Gasteiger partial charge on any atom is 0.197 e. The molecule has 0 saturated heterocycles. The van der Waals surface area contributed by atoms with E-state index in [4.69, 9.17) is 10.5 Å². The zero-order valence-corrected chi connectivity index (χ0v) is 11.1. The third-order valence-electron chi connectivity index (χ3n) is 2.23. The van der Waals surface area contributed by atoms with Gasteiger partial charge >= 0.3 is 0 Å². The Labute approximate surface area is 109 Å². The molecule has 7 heteroatoms. The Hall–Kier alpha value is -1.89. The van der Waals surface area contributed by atoms with Crippen molar-refractivity contribution in [2.45, 2.75) is 20.4 Å². The zero-order valence-electron chi connectivity index (χ0n) is 10.3. The van der Waals surface area contributed by atoms with Crippen molar-refractivity contribution in [2.24, 2.45) is 0 Å². The Balaban J connectivity index is 2.06. The summed E-state index contributed by atoms with van der Waals surface area (Å²) in [7, 11) is 0. The summed E-state index contributed by atoms with van der Waals surface area (Å²) < 4.78 is 9.51. The molecule has 0 unspecified atom stereocenters. The van der Waals surface area contributed by atoms with Gasteiger partial charge in [-0.05, 0) is 31.4 Å². The smallest absolute Gasteiger partial charge is 0.197 e. The van der Waals surface area contributed by atoms with Crippen molar-refractivity contribution in [2.75, 3.05) is 17.7 Å². The number of ether oxygens (including phenoxy) is 1. The average Bonchev–Trinajstić information content (AvgIpc) is 2.69. The predicted octanol–water partition coefficient (Wildman–Crippen LogP) is 1.83. The average molecular weight is 265 g/mol. The van der Waals surface area contributed by atoms with Gasteiger partial charge in [0.25, 0.3) is 0 Å². The summed E-state index contributed by atoms with van der Waals surface area (Å²) in [5, 5.41) is 4.05. The lowest BCUT2D eigenvalue weighted by molar-refractivity contribution is 0.344. The normalized spacial score (nSPS) is 10.3. The lowest BCUT2D eigenvalue weighted by Gasteiger charge is -2.07. The Morgan fingerprint density at radius 1 is 1.50 bits per heavy atom. The molecule has 2 aromatic heterocycles. The monoisotopic (exact) mass is 265 g/mol. The van der Waals surface area contributed by atoms with E-state index >= 15 is 0 Å². The van der Waals surface area contributed by atoms with Crippen LogP contribution in [0, 0.1) is 6.92 Å². The first kappa shape index (κ1) is 12.6. The molecule has 96 valence electrons. The van der Waals surface area contributed by atoms with Crippen LogP contribution in [0.5, 0.6) is 5.75 Å². The fourth-order valence-corrected chi connectivity index (χ4v) is 2.12. The molecule has 0 atom stereocenters. The molecule has 3 N–H and O–H groups in total. The molecular weight excluding hydrogens is 250 g/mol. The number of rotatable bonds is 5. The SMILES string of the molecule is CCOc1c(N)nsc1NCc1ccnc(C)n1. The molecule has 6 nitrogen and oxygen atoms in total. The molecule has 0 radical (unpaired) electrons. The van der Waals surface area contributed by atoms with Gasteiger partial charge in [-0.15, -0.1) is 0 Å². The van der Waals surface area contributed by atoms with Crippen LogP contribution in [0.4, 0.5) is 10.8 Å². The molecule has 0 saturated carbocycles. The van der Waals surface area contributed by atoms with Crippen molar-refractivity contribution in [1.82, 2.24) is 14.3 Å². The second-order valence-electron chi connectivity index (χ2n) is 3.61. The maximum absolute atomic E-state index is 5.73. The Morgan fingerprint density at radius 3 is 3.06 bits per heavy atom. The highest BCUT2D eigenvalue weighted by atomic mass is 32.1. The van der Waals surface area contributed by atoms with Gasteiger partial charge in [0.15, 0.2) is 16.6 Å². The van der Waals surface area contributed by atoms with E-state index in [9.17, 15) is 0 Å². The standard InChI is InChI=1S/C11H15N5OS/c1-3-17-9-10(12)16-18-11(9)14-6-8-4-5-13-7(2)15-8/h4-5,14H,3,6H2,1-2H3,(H2,12,16). The number of aryl methyl sites for hydroxylation is 1. The van der Waals surface area contributed by atoms with Crippen LogP contribution in [-0.4, -0.2) is 20.9 Å². The second-order valence-corrected chi connectivity index (χ2v) is 4.38. The van der Waals surface area contributed by atoms with Crippen LogP contribution in [0.2, 0.25) is 0 Å². The molecule has 0 aliphatic heterocycles. The van der Waals surface area contributed by atoms with Gasteiger partial charge < -0.3 is 15.8 Å². The van der Waals surface area contributed by atoms with Gasteiger partial charge in [-0.1, -0.05) is 0 Å². The number of hydrogen-bond acceptors (Lipinski definition) is 7. The second kappa shape index (κ2) is 5.63. The van der Waals surface area contributed by atoms with Crippen LogP contribution < -0.4 is 15.8 Å². The van der Waals surface area contributed by atoms with Gasteiger partial charge in [-0.3, -0.25) is 0 Å². The number of nitrogens with two attached hydrogens (primary N) is 1. The zero-order chi connectivity index (χ0) is 13.0. The van der Waals surface area contributed by atoms with Crippen molar-refractivity contribution in [1.29, 1.82) is 0 Å². The summed E-state index contributed by atoms with van der Waals surface area (Å²) >= 11 is 1.29. The van der Waals surface area contributed by atoms with Crippen LogP contribution in [0.1, 0.15) is 18.4 Å². The molecule has 18 heavy (non-hydrogen) atoms. The van der Waals surface area contributed by atoms with Gasteiger partial charge in [0.05, 0.1) is 18.8 Å². The molecule has 0 aliphatic carbocycles. The lowest BCUT2D eigenvalue weighted by Crippen LogP contribution is -2.04. The van der Waals surface area contributed by atoms with Crippen molar-refractivity contribution >= 4 is 22.4 Å². The van der Waals surface area contributed by atoms with E-state index in [1.54, 1.807) is 6.20 Å². The van der Waals surface area contributed by atoms with Gasteiger partial charge in [0.2, 0.25) is 0 Å². The van der Waals surface area contributed by atoms with Crippen LogP contribution in [0.15, 0.2) is 12.3 Å². The number of hydrogen-bond donors (Lipinski definition) is 2. The fourth-order valence-electron chi connectivity index (χ4n) is 1.46. The highest BCUT2D eigenvalue weighted by Gasteiger charge is 2.12. The minimum absolute atomic E-state index is 0.420. The van der Waals surface area contributed by atoms with E-state index < -0.39 is 0 Å². The van der Waals surface area contributed by atoms with E-state index in [0.717, 1.165) is 16.5 Å². The van der Waals surface area contributed by atoms with Gasteiger partial charge in [-0.2, -0.15) is 4.37 Å². The maximum atomic E-state index is 5.73. The largest absolute Gasteiger partial charge is 0.487 e. The summed E-state index contributed by atoms with van der Waals surface area (Å²) in [6.45, 7) is 4.92. The first-order chi connectivity index (χ1) is 8.70. The summed E-state index contributed by atoms with van der Waals surface area (Å²) in [4.78, 5) is 8.36. The molecule has 0 fully saturated rings. The lowest BCUT2D eigenvalue weighted by atomic mass is 10.4. The molecule has 0 spiro atoms. The molecule has 0 amide bonds. The molecule has 2 rings (SSSR count). The van der Waals surface area contributed by atoms with Crippen molar-refractivity contribution < 1.29 is 4.74 Å². The third kappa shape index (κ3) is 2.86. The van der Waals surface area contributed by atoms with Gasteiger partial charge in [0.1, 0.15) is 5.82 Å². The number of nitrogens with zero attached hydrogens (tertiary/aromatic N) is 3. The Bertz CT molecular complexity index is 528. The number of anilines is 2. The van der Waals surface area contributed by atoms with Gasteiger partial charge in [0, 0.05) is 6.20 Å². The van der Waals surface area contributed by atoms with E-state index in [-0.39, 0.29) is 0 Å². The molecule has 2 aromatic rings. The van der Waals surface area contributed by atoms with Crippen molar-refractivity contribution in [3.63, 3.8) is 0 Å². The van der Waals surface area contributed by atoms with Crippen LogP contribution >= 0.6 is 11.5 Å². The van der Waals surface area contributed by atoms with E-state index in [2.05, 4.69) is 19.7 Å². The molecule has 0 aromatic carbocycles. The Kier molecular flexibility index (Phi) is 3.93. The minimum Gasteiger partial charge on any atom is -0.487 e. The fraction of sp³-hybridized carbons (Fsp3) is 0.364. The molecule has 2 heterocycles. The first-order valence-electron chi connectivity index (χ1n) is 5.61. The van der Waals surface area contributed by atoms with Crippen LogP contribution in [0.3, 0.4) is 0 Å². The Morgan fingerprint density at radius 2 is 2.33 bits per heavy atom. The van der Waals surface area contributed by atoms with Crippen LogP contribution in [-0.2, 0) is 6.54 Å². The summed E-state index contributed by atoms with van der Waals surface area (Å²) in [6, 6.07) is 1.87. The van der Waals surface area contributed by atoms with E-state index in [1.165, 1.54) is 11.5 Å². The summed E-state index contributed by atoms with van der Waals surface area (Å²) in [6.07, 6.45) is 1.74. The minimum atomic E-state index is 0.420. The van der Waals surface area contributed by atoms with E-state index in [0.29, 0.717) is 24.7 Å². The molecular formula is C11H15N5OS. The van der Waals surface area contributed by atoms with E-state index in [1.807, 2.05) is 19.9 Å². The first-order valence-corrected chi connectivity index (χ1v) is 6.38. The van der Waals surface area contributed by atoms with Crippen molar-refractivity contribution in [3.8, 4) is 5.75 Å². The molecule has 0 aliphatic rings. The van der Waals surface area contributed by atoms with Crippen molar-refractivity contribution in [3.05, 3.63) is 23.8 Å².